The number of para-hydroxylation sites is 1. The zero-order valence-corrected chi connectivity index (χ0v) is 39.0. The van der Waals surface area contributed by atoms with Crippen LogP contribution in [0.15, 0.2) is 253 Å². The molecular formula is C68H47NO. The molecule has 1 aromatic heterocycles. The first kappa shape index (κ1) is 40.4. The van der Waals surface area contributed by atoms with Crippen LogP contribution in [0.25, 0.3) is 77.2 Å². The predicted molar refractivity (Wildman–Crippen MR) is 292 cm³/mol. The highest BCUT2D eigenvalue weighted by molar-refractivity contribution is 6.19. The fourth-order valence-electron chi connectivity index (χ4n) is 12.5. The average molecular weight is 894 g/mol. The van der Waals surface area contributed by atoms with Crippen LogP contribution < -0.4 is 4.90 Å². The Morgan fingerprint density at radius 1 is 0.371 bits per heavy atom. The molecule has 0 unspecified atom stereocenters. The number of nitrogens with zero attached hydrogens (tertiary/aromatic N) is 1. The molecule has 14 rings (SSSR count). The van der Waals surface area contributed by atoms with Gasteiger partial charge in [0.05, 0.1) is 11.1 Å². The summed E-state index contributed by atoms with van der Waals surface area (Å²) in [6.45, 7) is 4.73. The minimum Gasteiger partial charge on any atom is -0.455 e. The molecule has 2 aliphatic carbocycles. The maximum absolute atomic E-state index is 6.73. The second-order valence-corrected chi connectivity index (χ2v) is 19.5. The summed E-state index contributed by atoms with van der Waals surface area (Å²) < 4.78 is 6.73. The van der Waals surface area contributed by atoms with Crippen LogP contribution in [0.2, 0.25) is 0 Å². The summed E-state index contributed by atoms with van der Waals surface area (Å²) in [4.78, 5) is 2.50. The van der Waals surface area contributed by atoms with Gasteiger partial charge in [-0.3, -0.25) is 0 Å². The van der Waals surface area contributed by atoms with Crippen LogP contribution in [-0.2, 0) is 10.8 Å². The molecule has 0 atom stereocenters. The molecule has 0 saturated carbocycles. The van der Waals surface area contributed by atoms with E-state index >= 15 is 0 Å². The van der Waals surface area contributed by atoms with E-state index in [0.717, 1.165) is 55.5 Å². The summed E-state index contributed by atoms with van der Waals surface area (Å²) in [5, 5.41) is 4.54. The minimum atomic E-state index is -0.502. The highest BCUT2D eigenvalue weighted by Gasteiger charge is 2.46. The molecule has 12 aromatic rings. The topological polar surface area (TPSA) is 16.4 Å². The van der Waals surface area contributed by atoms with E-state index in [0.29, 0.717) is 0 Å². The Hall–Kier alpha value is -8.72. The number of anilines is 3. The third-order valence-corrected chi connectivity index (χ3v) is 15.5. The van der Waals surface area contributed by atoms with Crippen molar-refractivity contribution in [2.24, 2.45) is 0 Å². The Kier molecular flexibility index (Phi) is 8.88. The molecule has 70 heavy (non-hydrogen) atoms. The van der Waals surface area contributed by atoms with E-state index in [2.05, 4.69) is 267 Å². The van der Waals surface area contributed by atoms with Crippen molar-refractivity contribution in [2.75, 3.05) is 4.90 Å². The van der Waals surface area contributed by atoms with E-state index in [1.54, 1.807) is 0 Å². The molecular weight excluding hydrogens is 847 g/mol. The van der Waals surface area contributed by atoms with Gasteiger partial charge in [-0.2, -0.15) is 0 Å². The smallest absolute Gasteiger partial charge is 0.143 e. The molecule has 0 fully saturated rings. The molecule has 1 heterocycles. The molecule has 0 saturated heterocycles. The van der Waals surface area contributed by atoms with Crippen molar-refractivity contribution in [2.45, 2.75) is 24.7 Å². The van der Waals surface area contributed by atoms with Gasteiger partial charge in [0.1, 0.15) is 11.2 Å². The number of hydrogen-bond donors (Lipinski definition) is 0. The molecule has 0 radical (unpaired) electrons. The number of benzene rings is 11. The van der Waals surface area contributed by atoms with Crippen molar-refractivity contribution < 1.29 is 4.42 Å². The maximum Gasteiger partial charge on any atom is 0.143 e. The first-order valence-electron chi connectivity index (χ1n) is 24.4. The fraction of sp³-hybridized carbons (Fsp3) is 0.0588. The zero-order chi connectivity index (χ0) is 46.6. The van der Waals surface area contributed by atoms with Crippen molar-refractivity contribution in [3.63, 3.8) is 0 Å². The van der Waals surface area contributed by atoms with Crippen molar-refractivity contribution in [1.29, 1.82) is 0 Å². The van der Waals surface area contributed by atoms with E-state index in [4.69, 9.17) is 4.42 Å². The summed E-state index contributed by atoms with van der Waals surface area (Å²) in [5.74, 6) is 0. The Bertz CT molecular complexity index is 4010. The molecule has 0 amide bonds. The van der Waals surface area contributed by atoms with Gasteiger partial charge in [0, 0.05) is 38.5 Å². The van der Waals surface area contributed by atoms with Gasteiger partial charge < -0.3 is 9.32 Å². The van der Waals surface area contributed by atoms with Crippen LogP contribution in [0.3, 0.4) is 0 Å². The summed E-state index contributed by atoms with van der Waals surface area (Å²) in [5.41, 5.74) is 22.0. The molecule has 0 bridgehead atoms. The van der Waals surface area contributed by atoms with Crippen LogP contribution in [0.1, 0.15) is 47.2 Å². The lowest BCUT2D eigenvalue weighted by Crippen LogP contribution is -2.28. The Morgan fingerprint density at radius 2 is 0.971 bits per heavy atom. The molecule has 0 N–H and O–H groups in total. The van der Waals surface area contributed by atoms with Crippen LogP contribution in [0, 0.1) is 0 Å². The maximum atomic E-state index is 6.73. The monoisotopic (exact) mass is 893 g/mol. The van der Waals surface area contributed by atoms with Gasteiger partial charge in [-0.25, -0.2) is 0 Å². The lowest BCUT2D eigenvalue weighted by Gasteiger charge is -2.34. The molecule has 11 aromatic carbocycles. The number of fused-ring (bicyclic) bond motifs is 11. The third-order valence-electron chi connectivity index (χ3n) is 15.5. The largest absolute Gasteiger partial charge is 0.455 e. The normalized spacial score (nSPS) is 13.8. The lowest BCUT2D eigenvalue weighted by atomic mass is 9.68. The van der Waals surface area contributed by atoms with Crippen molar-refractivity contribution in [3.05, 3.63) is 282 Å². The minimum absolute atomic E-state index is 0.132. The molecule has 2 aliphatic rings. The number of furan rings is 1. The van der Waals surface area contributed by atoms with Crippen molar-refractivity contribution >= 4 is 49.8 Å². The second-order valence-electron chi connectivity index (χ2n) is 19.5. The molecule has 0 spiro atoms. The summed E-state index contributed by atoms with van der Waals surface area (Å²) in [6.07, 6.45) is 0. The van der Waals surface area contributed by atoms with Gasteiger partial charge in [-0.05, 0) is 120 Å². The predicted octanol–water partition coefficient (Wildman–Crippen LogP) is 18.2. The summed E-state index contributed by atoms with van der Waals surface area (Å²) in [7, 11) is 0. The van der Waals surface area contributed by atoms with Crippen molar-refractivity contribution in [1.82, 2.24) is 0 Å². The van der Waals surface area contributed by atoms with Crippen LogP contribution in [0.5, 0.6) is 0 Å². The van der Waals surface area contributed by atoms with Crippen LogP contribution in [0.4, 0.5) is 17.1 Å². The lowest BCUT2D eigenvalue weighted by molar-refractivity contribution is 0.660. The SMILES string of the molecule is CC1(C)c2ccccc2-c2c(-c3ccccc3N(c3cccc(-c4cccc5oc6c7ccccc7ccc6c45)c3)c3ccc4c(c3)-c3ccccc3C4(c3ccccc3)c3ccccc3)cccc21. The summed E-state index contributed by atoms with van der Waals surface area (Å²) >= 11 is 0. The molecule has 0 aliphatic heterocycles. The molecule has 330 valence electrons. The van der Waals surface area contributed by atoms with Gasteiger partial charge in [0.2, 0.25) is 0 Å². The van der Waals surface area contributed by atoms with E-state index in [9.17, 15) is 0 Å². The van der Waals surface area contributed by atoms with E-state index in [-0.39, 0.29) is 5.41 Å². The Balaban J connectivity index is 1.02. The first-order valence-corrected chi connectivity index (χ1v) is 24.4. The highest BCUT2D eigenvalue weighted by Crippen LogP contribution is 2.58. The van der Waals surface area contributed by atoms with E-state index < -0.39 is 5.41 Å². The van der Waals surface area contributed by atoms with Crippen LogP contribution >= 0.6 is 0 Å². The second kappa shape index (κ2) is 15.4. The first-order chi connectivity index (χ1) is 34.5. The Morgan fingerprint density at radius 3 is 1.79 bits per heavy atom. The van der Waals surface area contributed by atoms with E-state index in [1.807, 2.05) is 0 Å². The van der Waals surface area contributed by atoms with Gasteiger partial charge in [0.25, 0.3) is 0 Å². The van der Waals surface area contributed by atoms with Crippen molar-refractivity contribution in [3.8, 4) is 44.5 Å². The standard InChI is InChI=1S/C68H47NO/c1-67(2)58-33-14-12-30-55(58)64-54(32-18-35-61(64)67)53-29-13-16-36-62(53)69(48-26-17-21-45(42-48)50-31-19-37-63-65(50)56-40-38-44-20-9-10-27-51(44)66(56)70-63)49-39-41-60-57(43-49)52-28-11-15-34-59(52)68(60,46-22-5-3-6-23-46)47-24-7-4-8-25-47/h3-43H,1-2H3. The average Bonchev–Trinajstić information content (AvgIpc) is 4.04. The van der Waals surface area contributed by atoms with Gasteiger partial charge in [-0.15, -0.1) is 0 Å². The molecule has 2 nitrogen and oxygen atoms in total. The van der Waals surface area contributed by atoms with Crippen LogP contribution in [-0.4, -0.2) is 0 Å². The number of rotatable bonds is 7. The van der Waals surface area contributed by atoms with Gasteiger partial charge in [0.15, 0.2) is 0 Å². The fourth-order valence-corrected chi connectivity index (χ4v) is 12.5. The third kappa shape index (κ3) is 5.74. The van der Waals surface area contributed by atoms with E-state index in [1.165, 1.54) is 72.1 Å². The zero-order valence-electron chi connectivity index (χ0n) is 39.0. The molecule has 2 heteroatoms. The number of hydrogen-bond acceptors (Lipinski definition) is 2. The van der Waals surface area contributed by atoms with Gasteiger partial charge in [-0.1, -0.05) is 220 Å². The summed E-state index contributed by atoms with van der Waals surface area (Å²) in [6, 6.07) is 91.8. The van der Waals surface area contributed by atoms with Gasteiger partial charge >= 0.3 is 0 Å². The quantitative estimate of drug-likeness (QED) is 0.158. The Labute approximate surface area is 408 Å². The highest BCUT2D eigenvalue weighted by atomic mass is 16.3.